The highest BCUT2D eigenvalue weighted by atomic mass is 35.5. The van der Waals surface area contributed by atoms with E-state index < -0.39 is 5.97 Å². The van der Waals surface area contributed by atoms with Gasteiger partial charge in [0.05, 0.1) is 5.56 Å². The summed E-state index contributed by atoms with van der Waals surface area (Å²) >= 11 is 5.63. The molecule has 0 radical (unpaired) electrons. The monoisotopic (exact) mass is 170 g/mol. The van der Waals surface area contributed by atoms with Crippen molar-refractivity contribution in [3.05, 3.63) is 34.3 Å². The van der Waals surface area contributed by atoms with Gasteiger partial charge in [-0.05, 0) is 30.7 Å². The minimum absolute atomic E-state index is 0.231. The largest absolute Gasteiger partial charge is 0.478 e. The van der Waals surface area contributed by atoms with E-state index in [1.807, 2.05) is 0 Å². The van der Waals surface area contributed by atoms with Crippen LogP contribution in [0.25, 0.3) is 0 Å². The minimum Gasteiger partial charge on any atom is -0.478 e. The van der Waals surface area contributed by atoms with E-state index in [0.29, 0.717) is 5.02 Å². The summed E-state index contributed by atoms with van der Waals surface area (Å²) in [6.07, 6.45) is 0. The topological polar surface area (TPSA) is 37.3 Å². The minimum atomic E-state index is -0.949. The highest BCUT2D eigenvalue weighted by Crippen LogP contribution is 2.14. The maximum absolute atomic E-state index is 10.4. The summed E-state index contributed by atoms with van der Waals surface area (Å²) in [4.78, 5) is 10.4. The van der Waals surface area contributed by atoms with Crippen molar-refractivity contribution in [3.8, 4) is 0 Å². The van der Waals surface area contributed by atoms with E-state index >= 15 is 0 Å². The zero-order valence-corrected chi connectivity index (χ0v) is 6.72. The van der Waals surface area contributed by atoms with Gasteiger partial charge in [-0.3, -0.25) is 0 Å². The second-order valence-corrected chi connectivity index (χ2v) is 2.76. The van der Waals surface area contributed by atoms with Gasteiger partial charge >= 0.3 is 5.97 Å². The number of benzene rings is 1. The zero-order valence-electron chi connectivity index (χ0n) is 5.97. The molecule has 58 valence electrons. The second-order valence-electron chi connectivity index (χ2n) is 2.32. The summed E-state index contributed by atoms with van der Waals surface area (Å²) < 4.78 is 0. The Hall–Kier alpha value is -1.02. The van der Waals surface area contributed by atoms with Crippen LogP contribution in [0.1, 0.15) is 15.9 Å². The Balaban J connectivity index is 3.19. The van der Waals surface area contributed by atoms with Crippen LogP contribution in [0.2, 0.25) is 5.02 Å². The van der Waals surface area contributed by atoms with Crippen LogP contribution >= 0.6 is 11.6 Å². The Labute approximate surface area is 69.4 Å². The standard InChI is InChI=1S/C8H7ClO2/c1-5-2-6(8(10)11)4-7(9)3-5/h2-4H,1H3,(H,10,11). The van der Waals surface area contributed by atoms with E-state index in [9.17, 15) is 4.79 Å². The van der Waals surface area contributed by atoms with Crippen LogP contribution in [-0.4, -0.2) is 11.1 Å². The third-order valence-corrected chi connectivity index (χ3v) is 1.51. The molecule has 0 aliphatic rings. The lowest BCUT2D eigenvalue weighted by Gasteiger charge is -1.97. The Morgan fingerprint density at radius 2 is 2.09 bits per heavy atom. The maximum atomic E-state index is 10.4. The quantitative estimate of drug-likeness (QED) is 0.703. The zero-order chi connectivity index (χ0) is 8.43. The van der Waals surface area contributed by atoms with Gasteiger partial charge in [0.2, 0.25) is 0 Å². The van der Waals surface area contributed by atoms with E-state index in [1.165, 1.54) is 6.07 Å². The van der Waals surface area contributed by atoms with Gasteiger partial charge in [0.15, 0.2) is 0 Å². The number of rotatable bonds is 1. The average molecular weight is 171 g/mol. The highest BCUT2D eigenvalue weighted by Gasteiger charge is 2.03. The van der Waals surface area contributed by atoms with Crippen LogP contribution < -0.4 is 0 Å². The first-order valence-corrected chi connectivity index (χ1v) is 3.48. The number of carbonyl (C=O) groups is 1. The van der Waals surface area contributed by atoms with Crippen molar-refractivity contribution in [1.82, 2.24) is 0 Å². The molecule has 0 aliphatic carbocycles. The molecule has 1 aromatic rings. The molecule has 0 aromatic heterocycles. The van der Waals surface area contributed by atoms with E-state index in [4.69, 9.17) is 16.7 Å². The van der Waals surface area contributed by atoms with Crippen molar-refractivity contribution >= 4 is 17.6 Å². The first-order valence-electron chi connectivity index (χ1n) is 3.10. The van der Waals surface area contributed by atoms with E-state index in [0.717, 1.165) is 5.56 Å². The van der Waals surface area contributed by atoms with Crippen LogP contribution in [0.4, 0.5) is 0 Å². The Morgan fingerprint density at radius 1 is 1.45 bits per heavy atom. The molecule has 1 aromatic carbocycles. The van der Waals surface area contributed by atoms with Crippen molar-refractivity contribution in [1.29, 1.82) is 0 Å². The molecule has 11 heavy (non-hydrogen) atoms. The van der Waals surface area contributed by atoms with Gasteiger partial charge in [-0.15, -0.1) is 0 Å². The van der Waals surface area contributed by atoms with Crippen LogP contribution in [-0.2, 0) is 0 Å². The molecule has 0 saturated heterocycles. The summed E-state index contributed by atoms with van der Waals surface area (Å²) in [5.41, 5.74) is 1.09. The number of halogens is 1. The molecule has 1 rings (SSSR count). The molecule has 0 bridgehead atoms. The van der Waals surface area contributed by atoms with Crippen molar-refractivity contribution in [2.75, 3.05) is 0 Å². The Morgan fingerprint density at radius 3 is 2.55 bits per heavy atom. The van der Waals surface area contributed by atoms with Gasteiger partial charge in [-0.25, -0.2) is 4.79 Å². The summed E-state index contributed by atoms with van der Waals surface area (Å²) in [6, 6.07) is 4.72. The highest BCUT2D eigenvalue weighted by molar-refractivity contribution is 6.31. The first-order chi connectivity index (χ1) is 5.09. The third kappa shape index (κ3) is 1.95. The summed E-state index contributed by atoms with van der Waals surface area (Å²) in [5.74, 6) is -0.949. The van der Waals surface area contributed by atoms with Gasteiger partial charge in [0.1, 0.15) is 0 Å². The molecule has 0 heterocycles. The number of aryl methyl sites for hydroxylation is 1. The lowest BCUT2D eigenvalue weighted by molar-refractivity contribution is 0.0697. The molecule has 1 N–H and O–H groups in total. The number of hydrogen-bond donors (Lipinski definition) is 1. The molecule has 0 saturated carbocycles. The fourth-order valence-electron chi connectivity index (χ4n) is 0.860. The van der Waals surface area contributed by atoms with E-state index in [2.05, 4.69) is 0 Å². The first kappa shape index (κ1) is 8.08. The molecule has 0 fully saturated rings. The van der Waals surface area contributed by atoms with Crippen LogP contribution in [0.3, 0.4) is 0 Å². The predicted molar refractivity (Wildman–Crippen MR) is 43.1 cm³/mol. The summed E-state index contributed by atoms with van der Waals surface area (Å²) in [6.45, 7) is 1.80. The summed E-state index contributed by atoms with van der Waals surface area (Å²) in [7, 11) is 0. The Bertz CT molecular complexity index is 274. The van der Waals surface area contributed by atoms with Crippen molar-refractivity contribution in [3.63, 3.8) is 0 Å². The molecule has 0 atom stereocenters. The maximum Gasteiger partial charge on any atom is 0.335 e. The van der Waals surface area contributed by atoms with Crippen molar-refractivity contribution in [2.45, 2.75) is 6.92 Å². The molecule has 3 heteroatoms. The molecule has 0 aliphatic heterocycles. The van der Waals surface area contributed by atoms with E-state index in [-0.39, 0.29) is 5.56 Å². The number of carboxylic acid groups (broad SMARTS) is 1. The molecule has 0 unspecified atom stereocenters. The second kappa shape index (κ2) is 2.93. The number of carboxylic acids is 1. The predicted octanol–water partition coefficient (Wildman–Crippen LogP) is 2.35. The molecule has 0 spiro atoms. The molecule has 2 nitrogen and oxygen atoms in total. The van der Waals surface area contributed by atoms with Gasteiger partial charge in [0.25, 0.3) is 0 Å². The molecule has 0 amide bonds. The average Bonchev–Trinajstić information content (AvgIpc) is 1.85. The number of hydrogen-bond acceptors (Lipinski definition) is 1. The van der Waals surface area contributed by atoms with Gasteiger partial charge in [-0.2, -0.15) is 0 Å². The fraction of sp³-hybridized carbons (Fsp3) is 0.125. The number of aromatic carboxylic acids is 1. The van der Waals surface area contributed by atoms with Gasteiger partial charge in [0, 0.05) is 5.02 Å². The van der Waals surface area contributed by atoms with Crippen LogP contribution in [0.5, 0.6) is 0 Å². The van der Waals surface area contributed by atoms with Crippen LogP contribution in [0, 0.1) is 6.92 Å². The van der Waals surface area contributed by atoms with Crippen LogP contribution in [0.15, 0.2) is 18.2 Å². The fourth-order valence-corrected chi connectivity index (χ4v) is 1.15. The van der Waals surface area contributed by atoms with Crippen molar-refractivity contribution in [2.24, 2.45) is 0 Å². The van der Waals surface area contributed by atoms with E-state index in [1.54, 1.807) is 19.1 Å². The van der Waals surface area contributed by atoms with Crippen molar-refractivity contribution < 1.29 is 9.90 Å². The lowest BCUT2D eigenvalue weighted by Crippen LogP contribution is -1.95. The van der Waals surface area contributed by atoms with Gasteiger partial charge in [-0.1, -0.05) is 11.6 Å². The normalized spacial score (nSPS) is 9.64. The third-order valence-electron chi connectivity index (χ3n) is 1.29. The summed E-state index contributed by atoms with van der Waals surface area (Å²) in [5, 5.41) is 9.04. The van der Waals surface area contributed by atoms with Gasteiger partial charge < -0.3 is 5.11 Å². The lowest BCUT2D eigenvalue weighted by atomic mass is 10.1. The SMILES string of the molecule is Cc1cc(Cl)cc(C(=O)O)c1. The molecular weight excluding hydrogens is 164 g/mol. The molecular formula is C8H7ClO2. The Kier molecular flexibility index (Phi) is 2.15. The smallest absolute Gasteiger partial charge is 0.335 e.